The molecular formula is C19H23N7O. The maximum atomic E-state index is 12.7. The SMILES string of the molecule is Cn1nccc1C1CCCN(C(=O)Nc2ccn(Cc3ccncc3)n2)C1. The lowest BCUT2D eigenvalue weighted by Crippen LogP contribution is -2.42. The minimum atomic E-state index is -0.101. The van der Waals surface area contributed by atoms with E-state index in [1.54, 1.807) is 17.1 Å². The molecule has 3 aromatic rings. The molecule has 4 heterocycles. The van der Waals surface area contributed by atoms with Gasteiger partial charge in [-0.2, -0.15) is 10.2 Å². The summed E-state index contributed by atoms with van der Waals surface area (Å²) in [5.74, 6) is 0.887. The maximum absolute atomic E-state index is 12.7. The summed E-state index contributed by atoms with van der Waals surface area (Å²) in [4.78, 5) is 18.5. The van der Waals surface area contributed by atoms with E-state index in [-0.39, 0.29) is 6.03 Å². The predicted molar refractivity (Wildman–Crippen MR) is 101 cm³/mol. The number of likely N-dealkylation sites (tertiary alicyclic amines) is 1. The second-order valence-electron chi connectivity index (χ2n) is 6.85. The lowest BCUT2D eigenvalue weighted by atomic mass is 9.95. The van der Waals surface area contributed by atoms with Crippen molar-refractivity contribution in [2.75, 3.05) is 18.4 Å². The first kappa shape index (κ1) is 17.3. The number of amides is 2. The topological polar surface area (TPSA) is 80.9 Å². The van der Waals surface area contributed by atoms with Gasteiger partial charge in [0, 0.05) is 62.6 Å². The number of aromatic nitrogens is 5. The third-order valence-electron chi connectivity index (χ3n) is 4.96. The van der Waals surface area contributed by atoms with E-state index in [1.165, 1.54) is 5.69 Å². The van der Waals surface area contributed by atoms with Gasteiger partial charge in [0.1, 0.15) is 0 Å². The lowest BCUT2D eigenvalue weighted by Gasteiger charge is -2.32. The van der Waals surface area contributed by atoms with Crippen LogP contribution in [0.1, 0.15) is 30.0 Å². The zero-order valence-electron chi connectivity index (χ0n) is 15.3. The highest BCUT2D eigenvalue weighted by Crippen LogP contribution is 2.26. The van der Waals surface area contributed by atoms with E-state index in [0.29, 0.717) is 24.8 Å². The fraction of sp³-hybridized carbons (Fsp3) is 0.368. The van der Waals surface area contributed by atoms with Gasteiger partial charge >= 0.3 is 6.03 Å². The molecular weight excluding hydrogens is 342 g/mol. The fourth-order valence-electron chi connectivity index (χ4n) is 3.57. The van der Waals surface area contributed by atoms with Crippen LogP contribution in [0.2, 0.25) is 0 Å². The van der Waals surface area contributed by atoms with Crippen LogP contribution >= 0.6 is 0 Å². The number of piperidine rings is 1. The van der Waals surface area contributed by atoms with Gasteiger partial charge in [-0.05, 0) is 36.6 Å². The van der Waals surface area contributed by atoms with Crippen molar-refractivity contribution in [1.82, 2.24) is 29.4 Å². The van der Waals surface area contributed by atoms with Crippen LogP contribution in [0.3, 0.4) is 0 Å². The van der Waals surface area contributed by atoms with Gasteiger partial charge in [0.05, 0.1) is 6.54 Å². The van der Waals surface area contributed by atoms with Crippen molar-refractivity contribution >= 4 is 11.8 Å². The Bertz CT molecular complexity index is 902. The Morgan fingerprint density at radius 3 is 2.85 bits per heavy atom. The number of carbonyl (C=O) groups is 1. The second-order valence-corrected chi connectivity index (χ2v) is 6.85. The van der Waals surface area contributed by atoms with Gasteiger partial charge in [-0.3, -0.25) is 19.7 Å². The Labute approximate surface area is 157 Å². The number of rotatable bonds is 4. The predicted octanol–water partition coefficient (Wildman–Crippen LogP) is 2.47. The first-order valence-corrected chi connectivity index (χ1v) is 9.15. The molecule has 1 saturated heterocycles. The molecule has 8 heteroatoms. The lowest BCUT2D eigenvalue weighted by molar-refractivity contribution is 0.191. The summed E-state index contributed by atoms with van der Waals surface area (Å²) in [6, 6.07) is 7.66. The van der Waals surface area contributed by atoms with Crippen molar-refractivity contribution in [2.45, 2.75) is 25.3 Å². The number of aryl methyl sites for hydroxylation is 1. The summed E-state index contributed by atoms with van der Waals surface area (Å²) in [6.45, 7) is 2.10. The largest absolute Gasteiger partial charge is 0.324 e. The van der Waals surface area contributed by atoms with Crippen LogP contribution in [-0.2, 0) is 13.6 Å². The summed E-state index contributed by atoms with van der Waals surface area (Å²) in [7, 11) is 1.95. The van der Waals surface area contributed by atoms with Gasteiger partial charge < -0.3 is 4.90 Å². The summed E-state index contributed by atoms with van der Waals surface area (Å²) < 4.78 is 3.70. The molecule has 1 N–H and O–H groups in total. The normalized spacial score (nSPS) is 17.1. The molecule has 4 rings (SSSR count). The average molecular weight is 365 g/mol. The minimum Gasteiger partial charge on any atom is -0.324 e. The van der Waals surface area contributed by atoms with Gasteiger partial charge in [-0.25, -0.2) is 4.79 Å². The van der Waals surface area contributed by atoms with Gasteiger partial charge in [0.2, 0.25) is 0 Å². The first-order valence-electron chi connectivity index (χ1n) is 9.15. The smallest absolute Gasteiger partial charge is 0.323 e. The molecule has 0 spiro atoms. The Morgan fingerprint density at radius 1 is 1.22 bits per heavy atom. The van der Waals surface area contributed by atoms with E-state index >= 15 is 0 Å². The number of hydrogen-bond acceptors (Lipinski definition) is 4. The number of urea groups is 1. The van der Waals surface area contributed by atoms with Crippen LogP contribution in [0, 0.1) is 0 Å². The molecule has 0 aliphatic carbocycles. The number of hydrogen-bond donors (Lipinski definition) is 1. The van der Waals surface area contributed by atoms with E-state index in [4.69, 9.17) is 0 Å². The molecule has 1 atom stereocenters. The van der Waals surface area contributed by atoms with E-state index in [9.17, 15) is 4.79 Å². The summed E-state index contributed by atoms with van der Waals surface area (Å²) in [5.41, 5.74) is 2.29. The van der Waals surface area contributed by atoms with Crippen LogP contribution in [0.15, 0.2) is 49.1 Å². The second kappa shape index (κ2) is 7.61. The first-order chi connectivity index (χ1) is 13.2. The average Bonchev–Trinajstić information content (AvgIpc) is 3.31. The Balaban J connectivity index is 1.37. The van der Waals surface area contributed by atoms with Gasteiger partial charge in [0.25, 0.3) is 0 Å². The number of carbonyl (C=O) groups excluding carboxylic acids is 1. The molecule has 3 aromatic heterocycles. The minimum absolute atomic E-state index is 0.101. The third-order valence-corrected chi connectivity index (χ3v) is 4.96. The zero-order valence-corrected chi connectivity index (χ0v) is 15.3. The van der Waals surface area contributed by atoms with Crippen molar-refractivity contribution in [3.8, 4) is 0 Å². The van der Waals surface area contributed by atoms with Crippen LogP contribution in [0.5, 0.6) is 0 Å². The Morgan fingerprint density at radius 2 is 2.07 bits per heavy atom. The summed E-state index contributed by atoms with van der Waals surface area (Å²) in [6.07, 6.45) is 9.26. The van der Waals surface area contributed by atoms with E-state index < -0.39 is 0 Å². The summed E-state index contributed by atoms with van der Waals surface area (Å²) in [5, 5.41) is 11.6. The molecule has 0 aromatic carbocycles. The monoisotopic (exact) mass is 365 g/mol. The van der Waals surface area contributed by atoms with E-state index in [2.05, 4.69) is 20.5 Å². The van der Waals surface area contributed by atoms with Crippen molar-refractivity contribution in [1.29, 1.82) is 0 Å². The van der Waals surface area contributed by atoms with Crippen molar-refractivity contribution in [3.05, 3.63) is 60.3 Å². The molecule has 2 amide bonds. The highest BCUT2D eigenvalue weighted by atomic mass is 16.2. The molecule has 8 nitrogen and oxygen atoms in total. The molecule has 1 aliphatic heterocycles. The molecule has 1 fully saturated rings. The number of anilines is 1. The zero-order chi connectivity index (χ0) is 18.6. The van der Waals surface area contributed by atoms with Gasteiger partial charge in [0.15, 0.2) is 5.82 Å². The van der Waals surface area contributed by atoms with Crippen molar-refractivity contribution < 1.29 is 4.79 Å². The van der Waals surface area contributed by atoms with Crippen LogP contribution in [0.4, 0.5) is 10.6 Å². The summed E-state index contributed by atoms with van der Waals surface area (Å²) >= 11 is 0. The standard InChI is InChI=1S/C19H23N7O/c1-24-17(6-10-21-24)16-3-2-11-25(14-16)19(27)22-18-7-12-26(23-18)13-15-4-8-20-9-5-15/h4-10,12,16H,2-3,11,13-14H2,1H3,(H,22,23,27). The molecule has 1 aliphatic rings. The quantitative estimate of drug-likeness (QED) is 0.770. The Kier molecular flexibility index (Phi) is 4.86. The van der Waals surface area contributed by atoms with Gasteiger partial charge in [-0.1, -0.05) is 0 Å². The molecule has 0 radical (unpaired) electrons. The number of pyridine rings is 1. The highest BCUT2D eigenvalue weighted by Gasteiger charge is 2.26. The van der Waals surface area contributed by atoms with Crippen LogP contribution in [-0.4, -0.2) is 48.6 Å². The van der Waals surface area contributed by atoms with Crippen molar-refractivity contribution in [2.24, 2.45) is 7.05 Å². The molecule has 27 heavy (non-hydrogen) atoms. The number of nitrogens with one attached hydrogen (secondary N) is 1. The molecule has 1 unspecified atom stereocenters. The molecule has 140 valence electrons. The fourth-order valence-corrected chi connectivity index (χ4v) is 3.57. The number of nitrogens with zero attached hydrogens (tertiary/aromatic N) is 6. The molecule has 0 saturated carbocycles. The highest BCUT2D eigenvalue weighted by molar-refractivity contribution is 5.88. The van der Waals surface area contributed by atoms with E-state index in [0.717, 1.165) is 24.9 Å². The Hall–Kier alpha value is -3.16. The van der Waals surface area contributed by atoms with Crippen LogP contribution in [0.25, 0.3) is 0 Å². The van der Waals surface area contributed by atoms with Gasteiger partial charge in [-0.15, -0.1) is 0 Å². The maximum Gasteiger partial charge on any atom is 0.323 e. The van der Waals surface area contributed by atoms with Crippen LogP contribution < -0.4 is 5.32 Å². The van der Waals surface area contributed by atoms with E-state index in [1.807, 2.05) is 53.3 Å². The van der Waals surface area contributed by atoms with Crippen molar-refractivity contribution in [3.63, 3.8) is 0 Å². The molecule has 0 bridgehead atoms. The third kappa shape index (κ3) is 3.99.